The van der Waals surface area contributed by atoms with Crippen LogP contribution in [0.2, 0.25) is 0 Å². The van der Waals surface area contributed by atoms with E-state index < -0.39 is 15.5 Å². The van der Waals surface area contributed by atoms with Crippen LogP contribution >= 0.6 is 0 Å². The van der Waals surface area contributed by atoms with Crippen LogP contribution < -0.4 is 9.46 Å². The van der Waals surface area contributed by atoms with Crippen molar-refractivity contribution in [3.05, 3.63) is 24.3 Å². The molecule has 22 heavy (non-hydrogen) atoms. The van der Waals surface area contributed by atoms with E-state index >= 15 is 0 Å². The van der Waals surface area contributed by atoms with Crippen molar-refractivity contribution in [1.82, 2.24) is 0 Å². The SMILES string of the molecule is COc1ccc(NS(=O)(=O)C2OCC23CCC(C)CC3)cc1. The second kappa shape index (κ2) is 5.74. The number of benzene rings is 1. The molecule has 1 unspecified atom stereocenters. The number of anilines is 1. The van der Waals surface area contributed by atoms with Crippen molar-refractivity contribution in [1.29, 1.82) is 0 Å². The Hall–Kier alpha value is -1.27. The Bertz CT molecular complexity index is 618. The normalized spacial score (nSPS) is 31.5. The van der Waals surface area contributed by atoms with Gasteiger partial charge in [0.15, 0.2) is 5.44 Å². The average Bonchev–Trinajstić information content (AvgIpc) is 2.47. The fourth-order valence-electron chi connectivity index (χ4n) is 3.40. The van der Waals surface area contributed by atoms with Gasteiger partial charge in [0.05, 0.1) is 13.7 Å². The Balaban J connectivity index is 1.72. The molecular weight excluding hydrogens is 302 g/mol. The van der Waals surface area contributed by atoms with Crippen molar-refractivity contribution in [3.8, 4) is 5.75 Å². The first-order valence-electron chi connectivity index (χ1n) is 7.72. The zero-order chi connectivity index (χ0) is 15.8. The van der Waals surface area contributed by atoms with Gasteiger partial charge < -0.3 is 9.47 Å². The fraction of sp³-hybridized carbons (Fsp3) is 0.625. The van der Waals surface area contributed by atoms with Gasteiger partial charge in [0, 0.05) is 11.1 Å². The number of nitrogens with one attached hydrogen (secondary N) is 1. The van der Waals surface area contributed by atoms with Crippen molar-refractivity contribution in [2.45, 2.75) is 38.0 Å². The van der Waals surface area contributed by atoms with Crippen LogP contribution in [0.5, 0.6) is 5.75 Å². The first kappa shape index (κ1) is 15.6. The number of methoxy groups -OCH3 is 1. The predicted molar refractivity (Wildman–Crippen MR) is 85.3 cm³/mol. The van der Waals surface area contributed by atoms with E-state index in [1.165, 1.54) is 0 Å². The van der Waals surface area contributed by atoms with E-state index in [9.17, 15) is 8.42 Å². The molecule has 1 saturated carbocycles. The molecule has 1 spiro atoms. The highest BCUT2D eigenvalue weighted by Gasteiger charge is 2.55. The van der Waals surface area contributed by atoms with E-state index in [4.69, 9.17) is 9.47 Å². The highest BCUT2D eigenvalue weighted by Crippen LogP contribution is 2.50. The molecule has 0 bridgehead atoms. The number of hydrogen-bond acceptors (Lipinski definition) is 4. The molecule has 1 N–H and O–H groups in total. The minimum absolute atomic E-state index is 0.190. The van der Waals surface area contributed by atoms with Crippen molar-refractivity contribution in [3.63, 3.8) is 0 Å². The minimum Gasteiger partial charge on any atom is -0.497 e. The molecule has 2 fully saturated rings. The molecule has 1 atom stereocenters. The van der Waals surface area contributed by atoms with Crippen LogP contribution in [-0.4, -0.2) is 27.6 Å². The predicted octanol–water partition coefficient (Wildman–Crippen LogP) is 2.99. The number of sulfonamides is 1. The second-order valence-corrected chi connectivity index (χ2v) is 8.29. The molecule has 5 nitrogen and oxygen atoms in total. The topological polar surface area (TPSA) is 64.6 Å². The van der Waals surface area contributed by atoms with Gasteiger partial charge in [-0.3, -0.25) is 4.72 Å². The highest BCUT2D eigenvalue weighted by molar-refractivity contribution is 7.93. The maximum atomic E-state index is 12.6. The van der Waals surface area contributed by atoms with Crippen LogP contribution in [0.3, 0.4) is 0 Å². The molecule has 2 aliphatic rings. The molecule has 0 amide bonds. The van der Waals surface area contributed by atoms with Gasteiger partial charge in [-0.2, -0.15) is 0 Å². The zero-order valence-corrected chi connectivity index (χ0v) is 13.9. The molecular formula is C16H23NO4S. The van der Waals surface area contributed by atoms with Gasteiger partial charge in [-0.15, -0.1) is 0 Å². The standard InChI is InChI=1S/C16H23NO4S/c1-12-7-9-16(10-8-12)11-21-15(16)22(18,19)17-13-3-5-14(20-2)6-4-13/h3-6,12,15,17H,7-11H2,1-2H3. The van der Waals surface area contributed by atoms with Crippen LogP contribution in [0.25, 0.3) is 0 Å². The van der Waals surface area contributed by atoms with E-state index in [0.29, 0.717) is 24.0 Å². The Labute approximate surface area is 132 Å². The first-order valence-corrected chi connectivity index (χ1v) is 9.27. The van der Waals surface area contributed by atoms with Crippen LogP contribution in [0.4, 0.5) is 5.69 Å². The molecule has 3 rings (SSSR count). The summed E-state index contributed by atoms with van der Waals surface area (Å²) in [5.41, 5.74) is -0.379. The van der Waals surface area contributed by atoms with Crippen LogP contribution in [0, 0.1) is 11.3 Å². The number of hydrogen-bond donors (Lipinski definition) is 1. The Kier molecular flexibility index (Phi) is 4.07. The molecule has 1 aromatic carbocycles. The molecule has 1 aliphatic carbocycles. The van der Waals surface area contributed by atoms with Crippen molar-refractivity contribution < 1.29 is 17.9 Å². The van der Waals surface area contributed by atoms with Crippen LogP contribution in [0.1, 0.15) is 32.6 Å². The lowest BCUT2D eigenvalue weighted by Gasteiger charge is -2.51. The lowest BCUT2D eigenvalue weighted by molar-refractivity contribution is -0.162. The molecule has 1 aromatic rings. The third kappa shape index (κ3) is 2.82. The molecule has 6 heteroatoms. The Morgan fingerprint density at radius 2 is 1.86 bits per heavy atom. The van der Waals surface area contributed by atoms with Gasteiger partial charge in [0.2, 0.25) is 0 Å². The summed E-state index contributed by atoms with van der Waals surface area (Å²) in [6.45, 7) is 2.79. The summed E-state index contributed by atoms with van der Waals surface area (Å²) in [5, 5.41) is 0. The average molecular weight is 325 g/mol. The maximum Gasteiger partial charge on any atom is 0.260 e. The quantitative estimate of drug-likeness (QED) is 0.924. The van der Waals surface area contributed by atoms with Gasteiger partial charge in [-0.05, 0) is 55.9 Å². The lowest BCUT2D eigenvalue weighted by atomic mass is 9.69. The summed E-state index contributed by atoms with van der Waals surface area (Å²) in [6, 6.07) is 6.87. The Morgan fingerprint density at radius 3 is 2.36 bits per heavy atom. The van der Waals surface area contributed by atoms with Crippen molar-refractivity contribution in [2.75, 3.05) is 18.4 Å². The van der Waals surface area contributed by atoms with Crippen LogP contribution in [-0.2, 0) is 14.8 Å². The monoisotopic (exact) mass is 325 g/mol. The summed E-state index contributed by atoms with van der Waals surface area (Å²) >= 11 is 0. The summed E-state index contributed by atoms with van der Waals surface area (Å²) in [7, 11) is -1.96. The first-order chi connectivity index (χ1) is 10.5. The molecule has 1 aliphatic heterocycles. The molecule has 0 radical (unpaired) electrons. The van der Waals surface area contributed by atoms with E-state index in [1.807, 2.05) is 0 Å². The van der Waals surface area contributed by atoms with E-state index in [-0.39, 0.29) is 5.41 Å². The second-order valence-electron chi connectivity index (χ2n) is 6.56. The summed E-state index contributed by atoms with van der Waals surface area (Å²) in [6.07, 6.45) is 4.03. The van der Waals surface area contributed by atoms with Gasteiger partial charge in [0.25, 0.3) is 10.0 Å². The summed E-state index contributed by atoms with van der Waals surface area (Å²) in [5.74, 6) is 1.38. The highest BCUT2D eigenvalue weighted by atomic mass is 32.2. The summed E-state index contributed by atoms with van der Waals surface area (Å²) in [4.78, 5) is 0. The maximum absolute atomic E-state index is 12.6. The van der Waals surface area contributed by atoms with Crippen LogP contribution in [0.15, 0.2) is 24.3 Å². The fourth-order valence-corrected chi connectivity index (χ4v) is 5.18. The van der Waals surface area contributed by atoms with E-state index in [0.717, 1.165) is 25.7 Å². The van der Waals surface area contributed by atoms with Crippen molar-refractivity contribution in [2.24, 2.45) is 11.3 Å². The number of rotatable bonds is 4. The van der Waals surface area contributed by atoms with Crippen molar-refractivity contribution >= 4 is 15.7 Å². The molecule has 122 valence electrons. The summed E-state index contributed by atoms with van der Waals surface area (Å²) < 4.78 is 38.4. The number of ether oxygens (including phenoxy) is 2. The van der Waals surface area contributed by atoms with E-state index in [1.54, 1.807) is 31.4 Å². The van der Waals surface area contributed by atoms with Gasteiger partial charge in [-0.25, -0.2) is 8.42 Å². The van der Waals surface area contributed by atoms with E-state index in [2.05, 4.69) is 11.6 Å². The largest absolute Gasteiger partial charge is 0.497 e. The Morgan fingerprint density at radius 1 is 1.23 bits per heavy atom. The third-order valence-electron chi connectivity index (χ3n) is 4.92. The lowest BCUT2D eigenvalue weighted by Crippen LogP contribution is -2.58. The van der Waals surface area contributed by atoms with Gasteiger partial charge in [-0.1, -0.05) is 6.92 Å². The molecule has 1 saturated heterocycles. The smallest absolute Gasteiger partial charge is 0.260 e. The third-order valence-corrected chi connectivity index (χ3v) is 6.64. The molecule has 0 aromatic heterocycles. The minimum atomic E-state index is -3.53. The zero-order valence-electron chi connectivity index (χ0n) is 13.0. The molecule has 1 heterocycles. The van der Waals surface area contributed by atoms with Gasteiger partial charge >= 0.3 is 0 Å². The van der Waals surface area contributed by atoms with Gasteiger partial charge in [0.1, 0.15) is 5.75 Å².